The zero-order chi connectivity index (χ0) is 22.6. The monoisotopic (exact) mass is 438 g/mol. The summed E-state index contributed by atoms with van der Waals surface area (Å²) in [6.07, 6.45) is 0.702. The standard InChI is InChI=1S/C29H30N2O2/c1-21(26-10-6-8-23-7-2-3-9-27(23)26)30-19-25-20-31(28-11-4-5-12-29(28)33-25)24-15-13-22(14-16-24)17-18-32/h2-16,21,25,30,32H,17-20H2,1H3/t21-,25?/m1/s1. The van der Waals surface area contributed by atoms with Crippen LogP contribution in [0.3, 0.4) is 0 Å². The predicted octanol–water partition coefficient (Wildman–Crippen LogP) is 5.62. The number of anilines is 2. The van der Waals surface area contributed by atoms with Gasteiger partial charge in [-0.2, -0.15) is 0 Å². The van der Waals surface area contributed by atoms with Crippen LogP contribution in [0.5, 0.6) is 5.75 Å². The van der Waals surface area contributed by atoms with Crippen LogP contribution in [-0.2, 0) is 6.42 Å². The topological polar surface area (TPSA) is 44.7 Å². The molecule has 0 fully saturated rings. The first-order chi connectivity index (χ1) is 16.2. The zero-order valence-corrected chi connectivity index (χ0v) is 18.9. The second kappa shape index (κ2) is 9.65. The van der Waals surface area contributed by atoms with Gasteiger partial charge in [-0.15, -0.1) is 0 Å². The van der Waals surface area contributed by atoms with E-state index in [0.717, 1.165) is 35.8 Å². The van der Waals surface area contributed by atoms with E-state index in [1.54, 1.807) is 0 Å². The van der Waals surface area contributed by atoms with Gasteiger partial charge in [0.15, 0.2) is 0 Å². The van der Waals surface area contributed by atoms with Crippen molar-refractivity contribution >= 4 is 22.1 Å². The maximum atomic E-state index is 9.21. The van der Waals surface area contributed by atoms with Crippen molar-refractivity contribution in [3.05, 3.63) is 102 Å². The predicted molar refractivity (Wildman–Crippen MR) is 135 cm³/mol. The number of hydrogen-bond donors (Lipinski definition) is 2. The van der Waals surface area contributed by atoms with Gasteiger partial charge in [-0.1, -0.05) is 66.7 Å². The Labute approximate surface area is 195 Å². The van der Waals surface area contributed by atoms with Gasteiger partial charge in [-0.3, -0.25) is 0 Å². The lowest BCUT2D eigenvalue weighted by Gasteiger charge is -2.37. The van der Waals surface area contributed by atoms with Crippen LogP contribution >= 0.6 is 0 Å². The average molecular weight is 439 g/mol. The summed E-state index contributed by atoms with van der Waals surface area (Å²) in [6.45, 7) is 3.90. The largest absolute Gasteiger partial charge is 0.485 e. The molecule has 1 aliphatic heterocycles. The molecule has 2 N–H and O–H groups in total. The molecule has 0 amide bonds. The van der Waals surface area contributed by atoms with Gasteiger partial charge in [-0.05, 0) is 59.5 Å². The van der Waals surface area contributed by atoms with Crippen LogP contribution in [0, 0.1) is 0 Å². The summed E-state index contributed by atoms with van der Waals surface area (Å²) in [5, 5.41) is 15.5. The third-order valence-electron chi connectivity index (χ3n) is 6.43. The van der Waals surface area contributed by atoms with Gasteiger partial charge in [-0.25, -0.2) is 0 Å². The van der Waals surface area contributed by atoms with Gasteiger partial charge in [0, 0.05) is 24.9 Å². The Morgan fingerprint density at radius 2 is 1.70 bits per heavy atom. The number of aliphatic hydroxyl groups is 1. The highest BCUT2D eigenvalue weighted by molar-refractivity contribution is 5.86. The number of benzene rings is 4. The van der Waals surface area contributed by atoms with E-state index >= 15 is 0 Å². The summed E-state index contributed by atoms with van der Waals surface area (Å²) in [4.78, 5) is 2.33. The smallest absolute Gasteiger partial charge is 0.143 e. The molecule has 1 unspecified atom stereocenters. The number of hydrogen-bond acceptors (Lipinski definition) is 4. The molecule has 0 spiro atoms. The third kappa shape index (κ3) is 4.58. The van der Waals surface area contributed by atoms with Crippen LogP contribution in [0.4, 0.5) is 11.4 Å². The minimum atomic E-state index is 0.0226. The highest BCUT2D eigenvalue weighted by Gasteiger charge is 2.27. The molecular weight excluding hydrogens is 408 g/mol. The van der Waals surface area contributed by atoms with Crippen molar-refractivity contribution in [1.29, 1.82) is 0 Å². The fraction of sp³-hybridized carbons (Fsp3) is 0.241. The molecule has 4 heteroatoms. The number of para-hydroxylation sites is 2. The molecule has 0 saturated heterocycles. The molecule has 0 aliphatic carbocycles. The van der Waals surface area contributed by atoms with E-state index in [1.165, 1.54) is 16.3 Å². The van der Waals surface area contributed by atoms with Gasteiger partial charge >= 0.3 is 0 Å². The van der Waals surface area contributed by atoms with Gasteiger partial charge < -0.3 is 20.1 Å². The van der Waals surface area contributed by atoms with Crippen molar-refractivity contribution in [3.63, 3.8) is 0 Å². The second-order valence-corrected chi connectivity index (χ2v) is 8.66. The Balaban J connectivity index is 1.34. The Hall–Kier alpha value is -3.34. The number of nitrogens with one attached hydrogen (secondary N) is 1. The molecule has 2 atom stereocenters. The maximum Gasteiger partial charge on any atom is 0.143 e. The Morgan fingerprint density at radius 3 is 2.55 bits per heavy atom. The first kappa shape index (κ1) is 21.5. The lowest BCUT2D eigenvalue weighted by Crippen LogP contribution is -2.44. The maximum absolute atomic E-state index is 9.21. The van der Waals surface area contributed by atoms with Gasteiger partial charge in [0.2, 0.25) is 0 Å². The fourth-order valence-corrected chi connectivity index (χ4v) is 4.67. The minimum Gasteiger partial charge on any atom is -0.485 e. The molecule has 0 radical (unpaired) electrons. The van der Waals surface area contributed by atoms with E-state index in [9.17, 15) is 5.11 Å². The molecule has 4 aromatic rings. The van der Waals surface area contributed by atoms with Crippen molar-refractivity contribution in [3.8, 4) is 5.75 Å². The molecule has 0 bridgehead atoms. The zero-order valence-electron chi connectivity index (χ0n) is 18.9. The van der Waals surface area contributed by atoms with E-state index in [-0.39, 0.29) is 18.8 Å². The summed E-state index contributed by atoms with van der Waals surface area (Å²) in [5.74, 6) is 0.910. The number of aliphatic hydroxyl groups excluding tert-OH is 1. The molecule has 4 aromatic carbocycles. The molecule has 5 rings (SSSR count). The Bertz CT molecular complexity index is 1220. The Morgan fingerprint density at radius 1 is 0.939 bits per heavy atom. The summed E-state index contributed by atoms with van der Waals surface area (Å²) in [5.41, 5.74) is 4.68. The van der Waals surface area contributed by atoms with Gasteiger partial charge in [0.1, 0.15) is 11.9 Å². The normalized spacial score (nSPS) is 16.3. The van der Waals surface area contributed by atoms with Crippen molar-refractivity contribution < 1.29 is 9.84 Å². The molecule has 0 saturated carbocycles. The van der Waals surface area contributed by atoms with Crippen LogP contribution in [-0.4, -0.2) is 30.9 Å². The summed E-state index contributed by atoms with van der Waals surface area (Å²) in [7, 11) is 0. The first-order valence-electron chi connectivity index (χ1n) is 11.7. The van der Waals surface area contributed by atoms with Crippen LogP contribution in [0.1, 0.15) is 24.1 Å². The lowest BCUT2D eigenvalue weighted by molar-refractivity contribution is 0.190. The molecule has 33 heavy (non-hydrogen) atoms. The molecule has 4 nitrogen and oxygen atoms in total. The number of fused-ring (bicyclic) bond motifs is 2. The summed E-state index contributed by atoms with van der Waals surface area (Å²) in [6, 6.07) is 31.9. The van der Waals surface area contributed by atoms with Crippen molar-refractivity contribution in [2.45, 2.75) is 25.5 Å². The van der Waals surface area contributed by atoms with Crippen LogP contribution < -0.4 is 15.0 Å². The second-order valence-electron chi connectivity index (χ2n) is 8.66. The molecule has 1 heterocycles. The minimum absolute atomic E-state index is 0.0226. The number of ether oxygens (including phenoxy) is 1. The van der Waals surface area contributed by atoms with Gasteiger partial charge in [0.05, 0.1) is 12.2 Å². The molecular formula is C29H30N2O2. The number of rotatable bonds is 7. The van der Waals surface area contributed by atoms with Crippen molar-refractivity contribution in [2.24, 2.45) is 0 Å². The summed E-state index contributed by atoms with van der Waals surface area (Å²) >= 11 is 0. The molecule has 0 aromatic heterocycles. The van der Waals surface area contributed by atoms with E-state index in [1.807, 2.05) is 12.1 Å². The Kier molecular flexibility index (Phi) is 6.29. The van der Waals surface area contributed by atoms with Gasteiger partial charge in [0.25, 0.3) is 0 Å². The van der Waals surface area contributed by atoms with Crippen LogP contribution in [0.25, 0.3) is 10.8 Å². The van der Waals surface area contributed by atoms with Crippen LogP contribution in [0.2, 0.25) is 0 Å². The summed E-state index contributed by atoms with van der Waals surface area (Å²) < 4.78 is 6.38. The van der Waals surface area contributed by atoms with E-state index in [0.29, 0.717) is 6.42 Å². The highest BCUT2D eigenvalue weighted by atomic mass is 16.5. The molecule has 1 aliphatic rings. The lowest BCUT2D eigenvalue weighted by atomic mass is 9.99. The highest BCUT2D eigenvalue weighted by Crippen LogP contribution is 2.38. The van der Waals surface area contributed by atoms with Crippen molar-refractivity contribution in [1.82, 2.24) is 5.32 Å². The SMILES string of the molecule is C[C@@H](NCC1CN(c2ccc(CCO)cc2)c2ccccc2O1)c1cccc2ccccc12. The van der Waals surface area contributed by atoms with E-state index < -0.39 is 0 Å². The van der Waals surface area contributed by atoms with E-state index in [2.05, 4.69) is 96.0 Å². The van der Waals surface area contributed by atoms with Crippen molar-refractivity contribution in [2.75, 3.05) is 24.6 Å². The van der Waals surface area contributed by atoms with E-state index in [4.69, 9.17) is 4.74 Å². The average Bonchev–Trinajstić information content (AvgIpc) is 2.87. The van der Waals surface area contributed by atoms with Crippen LogP contribution in [0.15, 0.2) is 91.0 Å². The molecule has 168 valence electrons. The number of nitrogens with zero attached hydrogens (tertiary/aromatic N) is 1. The quantitative estimate of drug-likeness (QED) is 0.393. The third-order valence-corrected chi connectivity index (χ3v) is 6.43. The fourth-order valence-electron chi connectivity index (χ4n) is 4.67. The first-order valence-corrected chi connectivity index (χ1v) is 11.7.